The fourth-order valence-electron chi connectivity index (χ4n) is 2.85. The predicted molar refractivity (Wildman–Crippen MR) is 118 cm³/mol. The second-order valence-electron chi connectivity index (χ2n) is 6.30. The van der Waals surface area contributed by atoms with E-state index >= 15 is 0 Å². The standard InChI is InChI=1S/C20H24BrFN2O2.2ClH/c21-18-3-6-20(26-15-16-1-4-19(22)5-2-16)17(13-18)14-23-7-8-24-9-11-25-12-10-24;;/h1-6,13,23H,7-12,14-15H2;2*1H. The Morgan fingerprint density at radius 3 is 2.50 bits per heavy atom. The molecule has 156 valence electrons. The quantitative estimate of drug-likeness (QED) is 0.549. The van der Waals surface area contributed by atoms with Gasteiger partial charge in [-0.3, -0.25) is 4.90 Å². The van der Waals surface area contributed by atoms with Crippen molar-refractivity contribution in [3.05, 3.63) is 63.9 Å². The van der Waals surface area contributed by atoms with E-state index in [1.165, 1.54) is 12.1 Å². The molecule has 28 heavy (non-hydrogen) atoms. The van der Waals surface area contributed by atoms with Crippen LogP contribution in [0.25, 0.3) is 0 Å². The highest BCUT2D eigenvalue weighted by molar-refractivity contribution is 9.10. The molecule has 0 spiro atoms. The summed E-state index contributed by atoms with van der Waals surface area (Å²) in [4.78, 5) is 2.41. The van der Waals surface area contributed by atoms with Crippen LogP contribution in [-0.2, 0) is 17.9 Å². The number of hydrogen-bond acceptors (Lipinski definition) is 4. The summed E-state index contributed by atoms with van der Waals surface area (Å²) < 4.78 is 25.4. The minimum Gasteiger partial charge on any atom is -0.489 e. The average Bonchev–Trinajstić information content (AvgIpc) is 2.67. The summed E-state index contributed by atoms with van der Waals surface area (Å²) in [6.07, 6.45) is 0. The summed E-state index contributed by atoms with van der Waals surface area (Å²) >= 11 is 3.52. The van der Waals surface area contributed by atoms with Gasteiger partial charge in [0.05, 0.1) is 13.2 Å². The first kappa shape index (κ1) is 25.1. The molecule has 0 aliphatic carbocycles. The summed E-state index contributed by atoms with van der Waals surface area (Å²) in [5.41, 5.74) is 2.05. The van der Waals surface area contributed by atoms with Crippen LogP contribution in [0.4, 0.5) is 4.39 Å². The SMILES string of the molecule is Cl.Cl.Fc1ccc(COc2ccc(Br)cc2CNCCN2CCOCC2)cc1. The lowest BCUT2D eigenvalue weighted by Crippen LogP contribution is -2.40. The number of rotatable bonds is 8. The highest BCUT2D eigenvalue weighted by Crippen LogP contribution is 2.24. The summed E-state index contributed by atoms with van der Waals surface area (Å²) in [6.45, 7) is 6.76. The Kier molecular flexibility index (Phi) is 12.0. The van der Waals surface area contributed by atoms with Gasteiger partial charge in [0.1, 0.15) is 18.2 Å². The molecule has 1 aliphatic heterocycles. The molecule has 1 fully saturated rings. The Hall–Kier alpha value is -0.890. The van der Waals surface area contributed by atoms with Gasteiger partial charge in [-0.25, -0.2) is 4.39 Å². The van der Waals surface area contributed by atoms with Crippen LogP contribution in [0.3, 0.4) is 0 Å². The zero-order chi connectivity index (χ0) is 18.2. The van der Waals surface area contributed by atoms with Gasteiger partial charge in [0, 0.05) is 42.8 Å². The van der Waals surface area contributed by atoms with Gasteiger partial charge in [0.2, 0.25) is 0 Å². The third-order valence-electron chi connectivity index (χ3n) is 4.35. The summed E-state index contributed by atoms with van der Waals surface area (Å²) in [5.74, 6) is 0.610. The molecule has 4 nitrogen and oxygen atoms in total. The second kappa shape index (κ2) is 13.4. The minimum absolute atomic E-state index is 0. The highest BCUT2D eigenvalue weighted by atomic mass is 79.9. The van der Waals surface area contributed by atoms with Crippen molar-refractivity contribution in [2.45, 2.75) is 13.2 Å². The van der Waals surface area contributed by atoms with Crippen LogP contribution in [0.15, 0.2) is 46.9 Å². The number of ether oxygens (including phenoxy) is 2. The Bertz CT molecular complexity index is 701. The maximum atomic E-state index is 13.0. The lowest BCUT2D eigenvalue weighted by atomic mass is 10.2. The first-order valence-corrected chi connectivity index (χ1v) is 9.66. The summed E-state index contributed by atoms with van der Waals surface area (Å²) in [6, 6.07) is 12.4. The van der Waals surface area contributed by atoms with Crippen molar-refractivity contribution >= 4 is 40.7 Å². The Balaban J connectivity index is 0.00000196. The monoisotopic (exact) mass is 494 g/mol. The molecule has 0 aromatic heterocycles. The molecule has 2 aromatic rings. The normalized spacial score (nSPS) is 14.1. The van der Waals surface area contributed by atoms with E-state index in [0.717, 1.165) is 67.3 Å². The first-order chi connectivity index (χ1) is 12.7. The van der Waals surface area contributed by atoms with E-state index in [-0.39, 0.29) is 30.6 Å². The number of benzene rings is 2. The van der Waals surface area contributed by atoms with Crippen molar-refractivity contribution in [3.8, 4) is 5.75 Å². The highest BCUT2D eigenvalue weighted by Gasteiger charge is 2.10. The van der Waals surface area contributed by atoms with Crippen molar-refractivity contribution < 1.29 is 13.9 Å². The lowest BCUT2D eigenvalue weighted by Gasteiger charge is -2.26. The average molecular weight is 496 g/mol. The van der Waals surface area contributed by atoms with Crippen LogP contribution in [0.5, 0.6) is 5.75 Å². The summed E-state index contributed by atoms with van der Waals surface area (Å²) in [5, 5.41) is 3.49. The Morgan fingerprint density at radius 2 is 1.79 bits per heavy atom. The summed E-state index contributed by atoms with van der Waals surface area (Å²) in [7, 11) is 0. The first-order valence-electron chi connectivity index (χ1n) is 8.87. The van der Waals surface area contributed by atoms with Gasteiger partial charge >= 0.3 is 0 Å². The zero-order valence-electron chi connectivity index (χ0n) is 15.5. The van der Waals surface area contributed by atoms with Crippen LogP contribution in [0.2, 0.25) is 0 Å². The fraction of sp³-hybridized carbons (Fsp3) is 0.400. The number of hydrogen-bond donors (Lipinski definition) is 1. The van der Waals surface area contributed by atoms with Crippen molar-refractivity contribution in [1.82, 2.24) is 10.2 Å². The van der Waals surface area contributed by atoms with Crippen LogP contribution < -0.4 is 10.1 Å². The second-order valence-corrected chi connectivity index (χ2v) is 7.21. The molecule has 0 unspecified atom stereocenters. The molecule has 0 amide bonds. The van der Waals surface area contributed by atoms with Gasteiger partial charge in [0.25, 0.3) is 0 Å². The molecule has 0 bridgehead atoms. The number of nitrogens with zero attached hydrogens (tertiary/aromatic N) is 1. The van der Waals surface area contributed by atoms with Gasteiger partial charge in [-0.2, -0.15) is 0 Å². The predicted octanol–water partition coefficient (Wildman–Crippen LogP) is 4.43. The van der Waals surface area contributed by atoms with E-state index in [4.69, 9.17) is 9.47 Å². The molecule has 0 atom stereocenters. The molecule has 0 radical (unpaired) electrons. The van der Waals surface area contributed by atoms with Gasteiger partial charge in [-0.1, -0.05) is 28.1 Å². The zero-order valence-corrected chi connectivity index (χ0v) is 18.8. The van der Waals surface area contributed by atoms with Crippen molar-refractivity contribution in [2.24, 2.45) is 0 Å². The van der Waals surface area contributed by atoms with Crippen LogP contribution in [0, 0.1) is 5.82 Å². The topological polar surface area (TPSA) is 33.7 Å². The third kappa shape index (κ3) is 8.23. The molecule has 3 rings (SSSR count). The number of morpholine rings is 1. The smallest absolute Gasteiger partial charge is 0.124 e. The maximum Gasteiger partial charge on any atom is 0.124 e. The Labute approximate surface area is 186 Å². The lowest BCUT2D eigenvalue weighted by molar-refractivity contribution is 0.0384. The van der Waals surface area contributed by atoms with E-state index in [2.05, 4.69) is 32.2 Å². The van der Waals surface area contributed by atoms with E-state index in [9.17, 15) is 4.39 Å². The van der Waals surface area contributed by atoms with E-state index < -0.39 is 0 Å². The van der Waals surface area contributed by atoms with Crippen LogP contribution in [0.1, 0.15) is 11.1 Å². The minimum atomic E-state index is -0.234. The molecule has 1 N–H and O–H groups in total. The van der Waals surface area contributed by atoms with E-state index in [1.807, 2.05) is 12.1 Å². The van der Waals surface area contributed by atoms with E-state index in [1.54, 1.807) is 12.1 Å². The van der Waals surface area contributed by atoms with Gasteiger partial charge in [-0.15, -0.1) is 24.8 Å². The Morgan fingerprint density at radius 1 is 1.07 bits per heavy atom. The van der Waals surface area contributed by atoms with Crippen molar-refractivity contribution in [1.29, 1.82) is 0 Å². The molecule has 2 aromatic carbocycles. The van der Waals surface area contributed by atoms with E-state index in [0.29, 0.717) is 6.61 Å². The fourth-order valence-corrected chi connectivity index (χ4v) is 3.26. The molecule has 1 saturated heterocycles. The third-order valence-corrected chi connectivity index (χ3v) is 4.85. The molecular formula is C20H26BrCl2FN2O2. The molecular weight excluding hydrogens is 470 g/mol. The van der Waals surface area contributed by atoms with Crippen molar-refractivity contribution in [2.75, 3.05) is 39.4 Å². The van der Waals surface area contributed by atoms with Gasteiger partial charge < -0.3 is 14.8 Å². The van der Waals surface area contributed by atoms with Gasteiger partial charge in [-0.05, 0) is 35.9 Å². The maximum absolute atomic E-state index is 13.0. The van der Waals surface area contributed by atoms with Crippen molar-refractivity contribution in [3.63, 3.8) is 0 Å². The van der Waals surface area contributed by atoms with Crippen LogP contribution >= 0.6 is 40.7 Å². The number of nitrogens with one attached hydrogen (secondary N) is 1. The molecule has 1 heterocycles. The molecule has 1 aliphatic rings. The van der Waals surface area contributed by atoms with Gasteiger partial charge in [0.15, 0.2) is 0 Å². The van der Waals surface area contributed by atoms with Crippen LogP contribution in [-0.4, -0.2) is 44.3 Å². The molecule has 8 heteroatoms. The molecule has 0 saturated carbocycles. The largest absolute Gasteiger partial charge is 0.489 e. The number of halogens is 4.